The van der Waals surface area contributed by atoms with Gasteiger partial charge in [-0.05, 0) is 19.4 Å². The van der Waals surface area contributed by atoms with E-state index in [2.05, 4.69) is 11.1 Å². The molecule has 1 aromatic heterocycles. The molecular weight excluding hydrogens is 234 g/mol. The van der Waals surface area contributed by atoms with E-state index >= 15 is 0 Å². The summed E-state index contributed by atoms with van der Waals surface area (Å²) in [7, 11) is 1.81. The van der Waals surface area contributed by atoms with Crippen molar-refractivity contribution in [1.29, 1.82) is 5.26 Å². The zero-order valence-corrected chi connectivity index (χ0v) is 10.7. The maximum atomic E-state index is 8.91. The van der Waals surface area contributed by atoms with E-state index in [9.17, 15) is 0 Å². The largest absolute Gasteiger partial charge is 0.317 e. The minimum absolute atomic E-state index is 0.268. The molecule has 2 rings (SSSR count). The fourth-order valence-electron chi connectivity index (χ4n) is 1.86. The Balaban J connectivity index is 2.65. The van der Waals surface area contributed by atoms with Crippen LogP contribution in [-0.2, 0) is 7.05 Å². The number of rotatable bonds is 1. The molecule has 4 heteroatoms. The number of imidazole rings is 1. The number of halogens is 1. The first kappa shape index (κ1) is 11.7. The van der Waals surface area contributed by atoms with Gasteiger partial charge < -0.3 is 4.57 Å². The molecule has 0 amide bonds. The van der Waals surface area contributed by atoms with Crippen LogP contribution in [0.1, 0.15) is 16.8 Å². The Hall–Kier alpha value is -1.79. The first-order valence-corrected chi connectivity index (χ1v) is 5.62. The van der Waals surface area contributed by atoms with E-state index in [4.69, 9.17) is 16.9 Å². The molecule has 1 aromatic carbocycles. The summed E-state index contributed by atoms with van der Waals surface area (Å²) in [5.74, 6) is 0.726. The SMILES string of the molecule is Cc1ccc(-c2nc(C#N)c(Cl)n2C)c(C)c1. The van der Waals surface area contributed by atoms with Crippen molar-refractivity contribution in [3.8, 4) is 17.5 Å². The molecule has 0 aliphatic carbocycles. The van der Waals surface area contributed by atoms with Crippen molar-refractivity contribution in [2.75, 3.05) is 0 Å². The minimum Gasteiger partial charge on any atom is -0.317 e. The van der Waals surface area contributed by atoms with Crippen molar-refractivity contribution in [3.63, 3.8) is 0 Å². The second kappa shape index (κ2) is 4.23. The van der Waals surface area contributed by atoms with Gasteiger partial charge in [-0.15, -0.1) is 0 Å². The zero-order valence-electron chi connectivity index (χ0n) is 9.95. The van der Waals surface area contributed by atoms with E-state index in [1.54, 1.807) is 4.57 Å². The van der Waals surface area contributed by atoms with E-state index in [1.165, 1.54) is 5.56 Å². The Morgan fingerprint density at radius 2 is 2.06 bits per heavy atom. The molecule has 3 nitrogen and oxygen atoms in total. The van der Waals surface area contributed by atoms with Gasteiger partial charge in [0.05, 0.1) is 0 Å². The third-order valence-corrected chi connectivity index (χ3v) is 3.19. The number of nitriles is 1. The van der Waals surface area contributed by atoms with Crippen LogP contribution < -0.4 is 0 Å². The molecule has 0 fully saturated rings. The summed E-state index contributed by atoms with van der Waals surface area (Å²) in [5, 5.41) is 9.28. The van der Waals surface area contributed by atoms with Crippen LogP contribution in [0.4, 0.5) is 0 Å². The van der Waals surface area contributed by atoms with E-state index in [-0.39, 0.29) is 5.69 Å². The lowest BCUT2D eigenvalue weighted by molar-refractivity contribution is 0.923. The number of nitrogens with zero attached hydrogens (tertiary/aromatic N) is 3. The third kappa shape index (κ3) is 1.92. The number of hydrogen-bond acceptors (Lipinski definition) is 2. The van der Waals surface area contributed by atoms with Crippen LogP contribution in [-0.4, -0.2) is 9.55 Å². The first-order chi connectivity index (χ1) is 8.04. The molecule has 0 saturated heterocycles. The lowest BCUT2D eigenvalue weighted by Crippen LogP contribution is -1.94. The van der Waals surface area contributed by atoms with Crippen LogP contribution in [0.3, 0.4) is 0 Å². The van der Waals surface area contributed by atoms with Crippen LogP contribution >= 0.6 is 11.6 Å². The molecule has 0 atom stereocenters. The molecule has 0 aliphatic heterocycles. The fourth-order valence-corrected chi connectivity index (χ4v) is 2.02. The lowest BCUT2D eigenvalue weighted by Gasteiger charge is -2.06. The van der Waals surface area contributed by atoms with Crippen LogP contribution in [0.25, 0.3) is 11.4 Å². The summed E-state index contributed by atoms with van der Waals surface area (Å²) in [6, 6.07) is 8.11. The van der Waals surface area contributed by atoms with Crippen molar-refractivity contribution >= 4 is 11.6 Å². The molecule has 0 saturated carbocycles. The van der Waals surface area contributed by atoms with Gasteiger partial charge in [0, 0.05) is 12.6 Å². The standard InChI is InChI=1S/C13H12ClN3/c1-8-4-5-10(9(2)6-8)13-16-11(7-15)12(14)17(13)3/h4-6H,1-3H3. The minimum atomic E-state index is 0.268. The monoisotopic (exact) mass is 245 g/mol. The maximum Gasteiger partial charge on any atom is 0.178 e. The van der Waals surface area contributed by atoms with Crippen LogP contribution in [0, 0.1) is 25.2 Å². The smallest absolute Gasteiger partial charge is 0.178 e. The third-order valence-electron chi connectivity index (χ3n) is 2.75. The van der Waals surface area contributed by atoms with E-state index in [0.717, 1.165) is 17.0 Å². The quantitative estimate of drug-likeness (QED) is 0.774. The van der Waals surface area contributed by atoms with Crippen molar-refractivity contribution < 1.29 is 0 Å². The highest BCUT2D eigenvalue weighted by molar-refractivity contribution is 6.30. The molecule has 0 radical (unpaired) electrons. The average molecular weight is 246 g/mol. The summed E-state index contributed by atoms with van der Waals surface area (Å²) in [5.41, 5.74) is 3.59. The Bertz CT molecular complexity index is 620. The predicted octanol–water partition coefficient (Wildman–Crippen LogP) is 3.23. The molecule has 0 unspecified atom stereocenters. The number of aryl methyl sites for hydroxylation is 2. The normalized spacial score (nSPS) is 10.3. The van der Waals surface area contributed by atoms with E-state index in [0.29, 0.717) is 5.15 Å². The second-order valence-electron chi connectivity index (χ2n) is 4.06. The lowest BCUT2D eigenvalue weighted by atomic mass is 10.1. The highest BCUT2D eigenvalue weighted by Gasteiger charge is 2.15. The Morgan fingerprint density at radius 1 is 1.35 bits per heavy atom. The topological polar surface area (TPSA) is 41.6 Å². The van der Waals surface area contributed by atoms with E-state index in [1.807, 2.05) is 39.1 Å². The molecule has 0 aliphatic rings. The number of benzene rings is 1. The summed E-state index contributed by atoms with van der Waals surface area (Å²) >= 11 is 6.03. The zero-order chi connectivity index (χ0) is 12.6. The highest BCUT2D eigenvalue weighted by atomic mass is 35.5. The Labute approximate surface area is 105 Å². The molecule has 0 N–H and O–H groups in total. The van der Waals surface area contributed by atoms with Gasteiger partial charge in [0.25, 0.3) is 0 Å². The molecule has 1 heterocycles. The first-order valence-electron chi connectivity index (χ1n) is 5.24. The number of hydrogen-bond donors (Lipinski definition) is 0. The van der Waals surface area contributed by atoms with Gasteiger partial charge in [-0.25, -0.2) is 4.98 Å². The van der Waals surface area contributed by atoms with Crippen LogP contribution in [0.2, 0.25) is 5.15 Å². The Morgan fingerprint density at radius 3 is 2.59 bits per heavy atom. The summed E-state index contributed by atoms with van der Waals surface area (Å²) in [6.07, 6.45) is 0. The summed E-state index contributed by atoms with van der Waals surface area (Å²) in [4.78, 5) is 4.26. The van der Waals surface area contributed by atoms with Gasteiger partial charge >= 0.3 is 0 Å². The molecule has 0 spiro atoms. The predicted molar refractivity (Wildman–Crippen MR) is 67.8 cm³/mol. The molecular formula is C13H12ClN3. The van der Waals surface area contributed by atoms with Gasteiger partial charge in [0.2, 0.25) is 0 Å². The second-order valence-corrected chi connectivity index (χ2v) is 4.42. The van der Waals surface area contributed by atoms with Gasteiger partial charge in [-0.1, -0.05) is 35.4 Å². The summed E-state index contributed by atoms with van der Waals surface area (Å²) < 4.78 is 1.73. The van der Waals surface area contributed by atoms with Gasteiger partial charge in [-0.2, -0.15) is 5.26 Å². The van der Waals surface area contributed by atoms with Gasteiger partial charge in [0.15, 0.2) is 5.69 Å². The molecule has 0 bridgehead atoms. The maximum absolute atomic E-state index is 8.91. The number of aromatic nitrogens is 2. The summed E-state index contributed by atoms with van der Waals surface area (Å²) in [6.45, 7) is 4.07. The van der Waals surface area contributed by atoms with Crippen LogP contribution in [0.5, 0.6) is 0 Å². The van der Waals surface area contributed by atoms with Crippen LogP contribution in [0.15, 0.2) is 18.2 Å². The van der Waals surface area contributed by atoms with Gasteiger partial charge in [0.1, 0.15) is 17.0 Å². The van der Waals surface area contributed by atoms with E-state index < -0.39 is 0 Å². The van der Waals surface area contributed by atoms with Gasteiger partial charge in [-0.3, -0.25) is 0 Å². The molecule has 2 aromatic rings. The fraction of sp³-hybridized carbons (Fsp3) is 0.231. The van der Waals surface area contributed by atoms with Crippen molar-refractivity contribution in [2.24, 2.45) is 7.05 Å². The van der Waals surface area contributed by atoms with Crippen molar-refractivity contribution in [1.82, 2.24) is 9.55 Å². The molecule has 17 heavy (non-hydrogen) atoms. The molecule has 86 valence electrons. The highest BCUT2D eigenvalue weighted by Crippen LogP contribution is 2.27. The average Bonchev–Trinajstić information content (AvgIpc) is 2.57. The van der Waals surface area contributed by atoms with Crippen molar-refractivity contribution in [2.45, 2.75) is 13.8 Å². The van der Waals surface area contributed by atoms with Crippen molar-refractivity contribution in [3.05, 3.63) is 40.2 Å². The Kier molecular flexibility index (Phi) is 2.91.